The summed E-state index contributed by atoms with van der Waals surface area (Å²) in [5, 5.41) is 28.4. The fourth-order valence-corrected chi connectivity index (χ4v) is 8.10. The van der Waals surface area contributed by atoms with Crippen LogP contribution in [0, 0.1) is 6.92 Å². The average molecular weight is 700 g/mol. The summed E-state index contributed by atoms with van der Waals surface area (Å²) < 4.78 is 42.9. The zero-order valence-electron chi connectivity index (χ0n) is 27.9. The second kappa shape index (κ2) is 14.5. The number of nitrogens with zero attached hydrogens (tertiary/aromatic N) is 4. The van der Waals surface area contributed by atoms with E-state index in [1.54, 1.807) is 6.07 Å². The van der Waals surface area contributed by atoms with Crippen molar-refractivity contribution in [3.05, 3.63) is 113 Å². The van der Waals surface area contributed by atoms with Crippen LogP contribution >= 0.6 is 0 Å². The van der Waals surface area contributed by atoms with Gasteiger partial charge in [-0.15, -0.1) is 0 Å². The van der Waals surface area contributed by atoms with Gasteiger partial charge in [0.15, 0.2) is 23.2 Å². The third-order valence-electron chi connectivity index (χ3n) is 9.47. The van der Waals surface area contributed by atoms with E-state index in [1.807, 2.05) is 49.4 Å². The number of benzene rings is 3. The van der Waals surface area contributed by atoms with Crippen LogP contribution in [0.2, 0.25) is 0 Å². The van der Waals surface area contributed by atoms with Crippen molar-refractivity contribution >= 4 is 27.0 Å². The summed E-state index contributed by atoms with van der Waals surface area (Å²) in [6.07, 6.45) is -2.04. The van der Waals surface area contributed by atoms with Gasteiger partial charge in [-0.1, -0.05) is 66.7 Å². The van der Waals surface area contributed by atoms with E-state index in [0.29, 0.717) is 30.1 Å². The van der Waals surface area contributed by atoms with Gasteiger partial charge in [-0.2, -0.15) is 0 Å². The Balaban J connectivity index is 1.24. The molecule has 1 saturated heterocycles. The van der Waals surface area contributed by atoms with Gasteiger partial charge < -0.3 is 30.3 Å². The number of hydrogen-bond donors (Lipinski definition) is 5. The molecule has 0 aliphatic carbocycles. The van der Waals surface area contributed by atoms with Crippen molar-refractivity contribution in [1.82, 2.24) is 29.6 Å². The van der Waals surface area contributed by atoms with Gasteiger partial charge in [0.2, 0.25) is 10.0 Å². The number of aromatic nitrogens is 4. The highest BCUT2D eigenvalue weighted by atomic mass is 32.2. The predicted molar refractivity (Wildman–Crippen MR) is 187 cm³/mol. The summed E-state index contributed by atoms with van der Waals surface area (Å²) in [7, 11) is -2.46. The highest BCUT2D eigenvalue weighted by molar-refractivity contribution is 7.89. The molecule has 0 bridgehead atoms. The monoisotopic (exact) mass is 699 g/mol. The lowest BCUT2D eigenvalue weighted by Gasteiger charge is -2.22. The Kier molecular flexibility index (Phi) is 9.93. The van der Waals surface area contributed by atoms with Gasteiger partial charge in [0.25, 0.3) is 0 Å². The van der Waals surface area contributed by atoms with Crippen LogP contribution < -0.4 is 15.4 Å². The molecule has 4 unspecified atom stereocenters. The molecule has 0 spiro atoms. The molecular formula is C36H41N7O6S. The van der Waals surface area contributed by atoms with Crippen LogP contribution in [-0.4, -0.2) is 83.3 Å². The maximum atomic E-state index is 13.7. The predicted octanol–water partition coefficient (Wildman–Crippen LogP) is 2.77. The molecule has 4 heterocycles. The first-order valence-corrected chi connectivity index (χ1v) is 18.1. The third-order valence-corrected chi connectivity index (χ3v) is 11.0. The van der Waals surface area contributed by atoms with Gasteiger partial charge in [0.1, 0.15) is 24.1 Å². The highest BCUT2D eigenvalue weighted by Gasteiger charge is 2.44. The lowest BCUT2D eigenvalue weighted by atomic mass is 9.91. The van der Waals surface area contributed by atoms with Crippen molar-refractivity contribution in [2.45, 2.75) is 61.8 Å². The van der Waals surface area contributed by atoms with Crippen LogP contribution in [0.15, 0.2) is 84.0 Å². The zero-order valence-corrected chi connectivity index (χ0v) is 28.7. The summed E-state index contributed by atoms with van der Waals surface area (Å²) in [6, 6.07) is 23.7. The van der Waals surface area contributed by atoms with E-state index >= 15 is 0 Å². The van der Waals surface area contributed by atoms with Gasteiger partial charge in [0, 0.05) is 26.1 Å². The van der Waals surface area contributed by atoms with Gasteiger partial charge in [-0.3, -0.25) is 4.57 Å². The Bertz CT molecular complexity index is 2020. The smallest absolute Gasteiger partial charge is 0.241 e. The number of imidazole rings is 1. The first-order valence-electron chi connectivity index (χ1n) is 16.6. The number of fused-ring (bicyclic) bond motifs is 2. The molecule has 4 atom stereocenters. The number of aliphatic hydroxyl groups excluding tert-OH is 2. The van der Waals surface area contributed by atoms with Gasteiger partial charge >= 0.3 is 0 Å². The van der Waals surface area contributed by atoms with Gasteiger partial charge in [-0.05, 0) is 53.8 Å². The minimum absolute atomic E-state index is 0.0438. The first kappa shape index (κ1) is 34.2. The number of aliphatic hydroxyl groups is 2. The Morgan fingerprint density at radius 2 is 1.72 bits per heavy atom. The number of nitrogens with one attached hydrogen (secondary N) is 3. The molecule has 13 nitrogen and oxygen atoms in total. The number of sulfonamides is 1. The standard InChI is InChI=1S/C36H41N7O6S/c1-22-13-14-29(27-17-37-16-15-25(22)27)50(46,47)40-19-30-41-34(38-18-26(23-9-5-3-6-10-23)24-11-7-4-8-12-24)31-35(42-30)43(21-39-31)36-33(45)32(44)28(49-36)20-48-2/h3-14,21,26,28,32-33,36-37,40,44-45H,15-20H2,1-2H3,(H,38,41,42). The fraction of sp³-hybridized carbons (Fsp3) is 0.361. The van der Waals surface area contributed by atoms with Crippen LogP contribution in [0.4, 0.5) is 5.82 Å². The van der Waals surface area contributed by atoms with Gasteiger partial charge in [-0.25, -0.2) is 28.1 Å². The van der Waals surface area contributed by atoms with E-state index in [-0.39, 0.29) is 29.8 Å². The van der Waals surface area contributed by atoms with Crippen LogP contribution in [0.25, 0.3) is 11.2 Å². The number of rotatable bonds is 12. The summed E-state index contributed by atoms with van der Waals surface area (Å²) in [4.78, 5) is 14.3. The molecule has 5 aromatic rings. The van der Waals surface area contributed by atoms with Crippen molar-refractivity contribution in [2.75, 3.05) is 32.1 Å². The number of ether oxygens (including phenoxy) is 2. The van der Waals surface area contributed by atoms with E-state index in [0.717, 1.165) is 40.8 Å². The van der Waals surface area contributed by atoms with Crippen LogP contribution in [-0.2, 0) is 39.0 Å². The van der Waals surface area contributed by atoms with Gasteiger partial charge in [0.05, 0.1) is 24.4 Å². The number of anilines is 1. The summed E-state index contributed by atoms with van der Waals surface area (Å²) >= 11 is 0. The number of methoxy groups -OCH3 is 1. The van der Waals surface area contributed by atoms with E-state index < -0.39 is 34.6 Å². The van der Waals surface area contributed by atoms with E-state index in [4.69, 9.17) is 19.4 Å². The first-order chi connectivity index (χ1) is 24.2. The largest absolute Gasteiger partial charge is 0.387 e. The molecule has 1 fully saturated rings. The molecule has 50 heavy (non-hydrogen) atoms. The van der Waals surface area contributed by atoms with Crippen LogP contribution in [0.3, 0.4) is 0 Å². The molecular weight excluding hydrogens is 659 g/mol. The molecule has 0 radical (unpaired) electrons. The summed E-state index contributed by atoms with van der Waals surface area (Å²) in [5.74, 6) is 0.526. The molecule has 2 aliphatic heterocycles. The maximum Gasteiger partial charge on any atom is 0.241 e. The molecule has 262 valence electrons. The topological polar surface area (TPSA) is 173 Å². The summed E-state index contributed by atoms with van der Waals surface area (Å²) in [5.41, 5.74) is 5.80. The SMILES string of the molecule is COCC1OC(n2cnc3c(NCC(c4ccccc4)c4ccccc4)nc(CNS(=O)(=O)c4ccc(C)c5c4CNCC5)nc32)C(O)C1O. The second-order valence-electron chi connectivity index (χ2n) is 12.7. The lowest BCUT2D eigenvalue weighted by Crippen LogP contribution is -2.33. The van der Waals surface area contributed by atoms with Crippen LogP contribution in [0.5, 0.6) is 0 Å². The fourth-order valence-electron chi connectivity index (χ4n) is 6.85. The molecule has 7 rings (SSSR count). The quantitative estimate of drug-likeness (QED) is 0.130. The van der Waals surface area contributed by atoms with Crippen molar-refractivity contribution < 1.29 is 28.1 Å². The Hall–Kier alpha value is -4.28. The van der Waals surface area contributed by atoms with E-state index in [1.165, 1.54) is 18.0 Å². The lowest BCUT2D eigenvalue weighted by molar-refractivity contribution is -0.0580. The minimum atomic E-state index is -3.95. The van der Waals surface area contributed by atoms with E-state index in [2.05, 4.69) is 44.6 Å². The van der Waals surface area contributed by atoms with E-state index in [9.17, 15) is 18.6 Å². The number of hydrogen-bond acceptors (Lipinski definition) is 11. The number of aryl methyl sites for hydroxylation is 1. The molecule has 5 N–H and O–H groups in total. The molecule has 0 amide bonds. The zero-order chi connectivity index (χ0) is 34.8. The molecule has 0 saturated carbocycles. The third kappa shape index (κ3) is 6.75. The van der Waals surface area contributed by atoms with Crippen molar-refractivity contribution in [1.29, 1.82) is 0 Å². The second-order valence-corrected chi connectivity index (χ2v) is 14.4. The Morgan fingerprint density at radius 1 is 1.00 bits per heavy atom. The maximum absolute atomic E-state index is 13.7. The molecule has 2 aliphatic rings. The van der Waals surface area contributed by atoms with Crippen molar-refractivity contribution in [3.8, 4) is 0 Å². The molecule has 3 aromatic carbocycles. The highest BCUT2D eigenvalue weighted by Crippen LogP contribution is 2.34. The normalized spacial score (nSPS) is 20.7. The Labute approximate surface area is 290 Å². The Morgan fingerprint density at radius 3 is 2.42 bits per heavy atom. The molecule has 2 aromatic heterocycles. The average Bonchev–Trinajstić information content (AvgIpc) is 3.68. The summed E-state index contributed by atoms with van der Waals surface area (Å²) in [6.45, 7) is 3.56. The van der Waals surface area contributed by atoms with Crippen molar-refractivity contribution in [2.24, 2.45) is 0 Å². The van der Waals surface area contributed by atoms with Crippen LogP contribution in [0.1, 0.15) is 45.8 Å². The van der Waals surface area contributed by atoms with Crippen molar-refractivity contribution in [3.63, 3.8) is 0 Å². The minimum Gasteiger partial charge on any atom is -0.387 e. The molecule has 14 heteroatoms.